The molecule has 0 aliphatic heterocycles. The molecule has 0 unspecified atom stereocenters. The standard InChI is InChI=1S/C20H24N2O3/c1-4-14(2)15-9-5-8-12-18(15)22-19(23)13-25-20(24)16-10-6-7-11-17(16)21-3/h5-12,14,21H,4,13H2,1-3H3,(H,22,23)/t14-/m0/s1. The highest BCUT2D eigenvalue weighted by atomic mass is 16.5. The monoisotopic (exact) mass is 340 g/mol. The number of hydrogen-bond donors (Lipinski definition) is 2. The molecular weight excluding hydrogens is 316 g/mol. The van der Waals surface area contributed by atoms with E-state index in [4.69, 9.17) is 4.74 Å². The van der Waals surface area contributed by atoms with Gasteiger partial charge in [0, 0.05) is 18.4 Å². The van der Waals surface area contributed by atoms with E-state index in [0.717, 1.165) is 17.7 Å². The van der Waals surface area contributed by atoms with Crippen LogP contribution in [-0.4, -0.2) is 25.5 Å². The third-order valence-electron chi connectivity index (χ3n) is 4.13. The SMILES string of the molecule is CC[C@H](C)c1ccccc1NC(=O)COC(=O)c1ccccc1NC. The third kappa shape index (κ3) is 4.83. The van der Waals surface area contributed by atoms with E-state index in [2.05, 4.69) is 24.5 Å². The molecule has 2 aromatic rings. The molecule has 5 nitrogen and oxygen atoms in total. The van der Waals surface area contributed by atoms with E-state index >= 15 is 0 Å². The zero-order valence-corrected chi connectivity index (χ0v) is 14.8. The van der Waals surface area contributed by atoms with Crippen molar-refractivity contribution in [3.63, 3.8) is 0 Å². The molecule has 5 heteroatoms. The molecule has 2 N–H and O–H groups in total. The summed E-state index contributed by atoms with van der Waals surface area (Å²) < 4.78 is 5.14. The van der Waals surface area contributed by atoms with Crippen LogP contribution in [0.3, 0.4) is 0 Å². The summed E-state index contributed by atoms with van der Waals surface area (Å²) in [7, 11) is 1.73. The van der Waals surface area contributed by atoms with E-state index in [1.807, 2.05) is 30.3 Å². The number of amides is 1. The van der Waals surface area contributed by atoms with Crippen molar-refractivity contribution in [1.82, 2.24) is 0 Å². The molecule has 0 bridgehead atoms. The fourth-order valence-electron chi connectivity index (χ4n) is 2.53. The van der Waals surface area contributed by atoms with E-state index < -0.39 is 5.97 Å². The number of benzene rings is 2. The first-order valence-corrected chi connectivity index (χ1v) is 8.39. The minimum Gasteiger partial charge on any atom is -0.452 e. The fourth-order valence-corrected chi connectivity index (χ4v) is 2.53. The second kappa shape index (κ2) is 8.87. The molecule has 0 spiro atoms. The van der Waals surface area contributed by atoms with Crippen LogP contribution >= 0.6 is 0 Å². The van der Waals surface area contributed by atoms with E-state index in [1.165, 1.54) is 0 Å². The number of carbonyl (C=O) groups is 2. The van der Waals surface area contributed by atoms with Gasteiger partial charge >= 0.3 is 5.97 Å². The summed E-state index contributed by atoms with van der Waals surface area (Å²) in [6, 6.07) is 14.7. The average molecular weight is 340 g/mol. The predicted octanol–water partition coefficient (Wildman–Crippen LogP) is 4.04. The minimum absolute atomic E-state index is 0.328. The fraction of sp³-hybridized carbons (Fsp3) is 0.300. The van der Waals surface area contributed by atoms with Crippen LogP contribution in [0.25, 0.3) is 0 Å². The van der Waals surface area contributed by atoms with Crippen LogP contribution in [0.15, 0.2) is 48.5 Å². The highest BCUT2D eigenvalue weighted by molar-refractivity contribution is 5.98. The van der Waals surface area contributed by atoms with Gasteiger partial charge in [-0.25, -0.2) is 4.79 Å². The summed E-state index contributed by atoms with van der Waals surface area (Å²) in [5.74, 6) is -0.553. The van der Waals surface area contributed by atoms with Gasteiger partial charge in [0.1, 0.15) is 0 Å². The number of hydrogen-bond acceptors (Lipinski definition) is 4. The Morgan fingerprint density at radius 3 is 2.36 bits per heavy atom. The topological polar surface area (TPSA) is 67.4 Å². The molecule has 2 aromatic carbocycles. The van der Waals surface area contributed by atoms with Gasteiger partial charge in [-0.1, -0.05) is 44.2 Å². The first-order valence-electron chi connectivity index (χ1n) is 8.39. The van der Waals surface area contributed by atoms with Gasteiger partial charge in [-0.15, -0.1) is 0 Å². The molecule has 0 aliphatic carbocycles. The molecule has 0 fully saturated rings. The maximum Gasteiger partial charge on any atom is 0.340 e. The van der Waals surface area contributed by atoms with Gasteiger partial charge in [-0.2, -0.15) is 0 Å². The van der Waals surface area contributed by atoms with Crippen molar-refractivity contribution in [1.29, 1.82) is 0 Å². The average Bonchev–Trinajstić information content (AvgIpc) is 2.65. The third-order valence-corrected chi connectivity index (χ3v) is 4.13. The van der Waals surface area contributed by atoms with Gasteiger partial charge in [-0.05, 0) is 36.1 Å². The number of ether oxygens (including phenoxy) is 1. The van der Waals surface area contributed by atoms with Gasteiger partial charge in [-0.3, -0.25) is 4.79 Å². The van der Waals surface area contributed by atoms with Crippen LogP contribution in [0.1, 0.15) is 42.1 Å². The molecule has 132 valence electrons. The highest BCUT2D eigenvalue weighted by Gasteiger charge is 2.15. The number of carbonyl (C=O) groups excluding carboxylic acids is 2. The first kappa shape index (κ1) is 18.5. The van der Waals surface area contributed by atoms with Crippen molar-refractivity contribution in [2.24, 2.45) is 0 Å². The van der Waals surface area contributed by atoms with Gasteiger partial charge in [0.05, 0.1) is 5.56 Å². The number of esters is 1. The molecule has 1 atom stereocenters. The summed E-state index contributed by atoms with van der Waals surface area (Å²) >= 11 is 0. The van der Waals surface area contributed by atoms with Crippen LogP contribution in [-0.2, 0) is 9.53 Å². The molecule has 0 heterocycles. The Balaban J connectivity index is 1.99. The van der Waals surface area contributed by atoms with Crippen LogP contribution in [0, 0.1) is 0 Å². The lowest BCUT2D eigenvalue weighted by atomic mass is 9.97. The summed E-state index contributed by atoms with van der Waals surface area (Å²) in [6.45, 7) is 3.88. The Labute approximate surface area is 148 Å². The van der Waals surface area contributed by atoms with Gasteiger partial charge in [0.25, 0.3) is 5.91 Å². The molecule has 25 heavy (non-hydrogen) atoms. The smallest absolute Gasteiger partial charge is 0.340 e. The Morgan fingerprint density at radius 2 is 1.68 bits per heavy atom. The molecule has 0 radical (unpaired) electrons. The summed E-state index contributed by atoms with van der Waals surface area (Å²) in [4.78, 5) is 24.3. The Hall–Kier alpha value is -2.82. The molecule has 0 aromatic heterocycles. The zero-order valence-electron chi connectivity index (χ0n) is 14.8. The molecule has 1 amide bonds. The Bertz CT molecular complexity index is 743. The summed E-state index contributed by atoms with van der Waals surface area (Å²) in [5, 5.41) is 5.76. The quantitative estimate of drug-likeness (QED) is 0.747. The Kier molecular flexibility index (Phi) is 6.57. The van der Waals surface area contributed by atoms with Gasteiger partial charge in [0.2, 0.25) is 0 Å². The lowest BCUT2D eigenvalue weighted by molar-refractivity contribution is -0.119. The Morgan fingerprint density at radius 1 is 1.04 bits per heavy atom. The first-order chi connectivity index (χ1) is 12.1. The van der Waals surface area contributed by atoms with Crippen molar-refractivity contribution in [3.8, 4) is 0 Å². The van der Waals surface area contributed by atoms with E-state index in [1.54, 1.807) is 25.2 Å². The predicted molar refractivity (Wildman–Crippen MR) is 100 cm³/mol. The second-order valence-corrected chi connectivity index (χ2v) is 5.82. The molecule has 2 rings (SSSR count). The van der Waals surface area contributed by atoms with Crippen LogP contribution in [0.2, 0.25) is 0 Å². The molecular formula is C20H24N2O3. The van der Waals surface area contributed by atoms with Crippen LogP contribution < -0.4 is 10.6 Å². The van der Waals surface area contributed by atoms with E-state index in [9.17, 15) is 9.59 Å². The lowest BCUT2D eigenvalue weighted by Gasteiger charge is -2.15. The van der Waals surface area contributed by atoms with E-state index in [0.29, 0.717) is 17.2 Å². The molecule has 0 saturated carbocycles. The summed E-state index contributed by atoms with van der Waals surface area (Å²) in [5.41, 5.74) is 2.89. The minimum atomic E-state index is -0.532. The second-order valence-electron chi connectivity index (χ2n) is 5.82. The van der Waals surface area contributed by atoms with Crippen molar-refractivity contribution in [3.05, 3.63) is 59.7 Å². The van der Waals surface area contributed by atoms with Crippen molar-refractivity contribution in [2.45, 2.75) is 26.2 Å². The largest absolute Gasteiger partial charge is 0.452 e. The van der Waals surface area contributed by atoms with Crippen LogP contribution in [0.5, 0.6) is 0 Å². The molecule has 0 saturated heterocycles. The normalized spacial score (nSPS) is 11.5. The summed E-state index contributed by atoms with van der Waals surface area (Å²) in [6.07, 6.45) is 0.975. The highest BCUT2D eigenvalue weighted by Crippen LogP contribution is 2.26. The van der Waals surface area contributed by atoms with Gasteiger partial charge in [0.15, 0.2) is 6.61 Å². The van der Waals surface area contributed by atoms with Crippen molar-refractivity contribution < 1.29 is 14.3 Å². The number of rotatable bonds is 7. The zero-order chi connectivity index (χ0) is 18.2. The van der Waals surface area contributed by atoms with Crippen molar-refractivity contribution in [2.75, 3.05) is 24.3 Å². The number of anilines is 2. The van der Waals surface area contributed by atoms with Crippen LogP contribution in [0.4, 0.5) is 11.4 Å². The number of para-hydroxylation sites is 2. The number of nitrogens with one attached hydrogen (secondary N) is 2. The maximum absolute atomic E-state index is 12.2. The van der Waals surface area contributed by atoms with E-state index in [-0.39, 0.29) is 12.5 Å². The lowest BCUT2D eigenvalue weighted by Crippen LogP contribution is -2.22. The van der Waals surface area contributed by atoms with Crippen molar-refractivity contribution >= 4 is 23.3 Å². The van der Waals surface area contributed by atoms with Gasteiger partial charge < -0.3 is 15.4 Å². The molecule has 0 aliphatic rings. The maximum atomic E-state index is 12.2.